The highest BCUT2D eigenvalue weighted by Crippen LogP contribution is 2.10. The molecule has 0 saturated carbocycles. The van der Waals surface area contributed by atoms with Crippen molar-refractivity contribution in [3.63, 3.8) is 0 Å². The van der Waals surface area contributed by atoms with Gasteiger partial charge in [-0.3, -0.25) is 4.79 Å². The lowest BCUT2D eigenvalue weighted by Crippen LogP contribution is -2.28. The molecule has 15 heavy (non-hydrogen) atoms. The predicted molar refractivity (Wildman–Crippen MR) is 58.6 cm³/mol. The number of ketones is 1. The summed E-state index contributed by atoms with van der Waals surface area (Å²) < 4.78 is 23.6. The first-order valence-electron chi connectivity index (χ1n) is 4.12. The second-order valence-electron chi connectivity index (χ2n) is 3.03. The van der Waals surface area contributed by atoms with Crippen LogP contribution in [0.5, 0.6) is 0 Å². The van der Waals surface area contributed by atoms with Crippen LogP contribution in [0.1, 0.15) is 10.4 Å². The normalized spacial score (nSPS) is 11.3. The molecule has 0 fully saturated rings. The Hall–Kier alpha value is -0.910. The maximum Gasteiger partial charge on any atom is 0.209 e. The minimum atomic E-state index is -3.34. The van der Waals surface area contributed by atoms with E-state index in [9.17, 15) is 13.2 Å². The van der Waals surface area contributed by atoms with Crippen LogP contribution in [-0.4, -0.2) is 27.0 Å². The molecule has 0 bridgehead atoms. The third-order valence-electron chi connectivity index (χ3n) is 1.64. The molecule has 6 heteroatoms. The number of hydrogen-bond acceptors (Lipinski definition) is 3. The molecular weight excluding hydrogens is 238 g/mol. The van der Waals surface area contributed by atoms with Gasteiger partial charge in [-0.05, 0) is 12.1 Å². The van der Waals surface area contributed by atoms with Crippen molar-refractivity contribution >= 4 is 27.4 Å². The number of Topliss-reactive ketones (excluding diaryl/α,β-unsaturated/α-hetero) is 1. The Kier molecular flexibility index (Phi) is 3.84. The molecule has 4 nitrogen and oxygen atoms in total. The minimum absolute atomic E-state index is 0.251. The standard InChI is InChI=1S/C9H10ClNO3S/c1-15(13,14)11-6-9(12)7-3-2-4-8(10)5-7/h2-5,11H,6H2,1H3. The van der Waals surface area contributed by atoms with Gasteiger partial charge in [0.2, 0.25) is 10.0 Å². The van der Waals surface area contributed by atoms with Crippen LogP contribution in [0.4, 0.5) is 0 Å². The molecule has 1 aromatic rings. The predicted octanol–water partition coefficient (Wildman–Crippen LogP) is 1.07. The number of hydrogen-bond donors (Lipinski definition) is 1. The zero-order valence-corrected chi connectivity index (χ0v) is 9.60. The van der Waals surface area contributed by atoms with Gasteiger partial charge in [-0.2, -0.15) is 0 Å². The van der Waals surface area contributed by atoms with E-state index in [0.717, 1.165) is 6.26 Å². The van der Waals surface area contributed by atoms with Crippen molar-refractivity contribution in [2.24, 2.45) is 0 Å². The van der Waals surface area contributed by atoms with Crippen molar-refractivity contribution in [2.75, 3.05) is 12.8 Å². The van der Waals surface area contributed by atoms with Gasteiger partial charge < -0.3 is 0 Å². The number of rotatable bonds is 4. The van der Waals surface area contributed by atoms with Crippen LogP contribution in [0.3, 0.4) is 0 Å². The average molecular weight is 248 g/mol. The first-order valence-corrected chi connectivity index (χ1v) is 6.39. The first-order chi connectivity index (χ1) is 6.88. The molecule has 1 rings (SSSR count). The van der Waals surface area contributed by atoms with Crippen molar-refractivity contribution < 1.29 is 13.2 Å². The van der Waals surface area contributed by atoms with E-state index in [1.54, 1.807) is 18.2 Å². The Bertz CT molecular complexity index is 470. The molecule has 0 aliphatic heterocycles. The third kappa shape index (κ3) is 4.42. The lowest BCUT2D eigenvalue weighted by molar-refractivity contribution is 0.0997. The van der Waals surface area contributed by atoms with Gasteiger partial charge >= 0.3 is 0 Å². The third-order valence-corrected chi connectivity index (χ3v) is 2.55. The van der Waals surface area contributed by atoms with Crippen LogP contribution in [0.25, 0.3) is 0 Å². The van der Waals surface area contributed by atoms with E-state index in [-0.39, 0.29) is 12.3 Å². The van der Waals surface area contributed by atoms with Gasteiger partial charge in [-0.1, -0.05) is 23.7 Å². The van der Waals surface area contributed by atoms with Gasteiger partial charge in [0, 0.05) is 10.6 Å². The highest BCUT2D eigenvalue weighted by Gasteiger charge is 2.08. The molecule has 0 aliphatic carbocycles. The maximum absolute atomic E-state index is 11.5. The van der Waals surface area contributed by atoms with Crippen molar-refractivity contribution in [2.45, 2.75) is 0 Å². The van der Waals surface area contributed by atoms with Gasteiger partial charge in [0.1, 0.15) is 0 Å². The molecule has 1 N–H and O–H groups in total. The van der Waals surface area contributed by atoms with E-state index >= 15 is 0 Å². The molecule has 82 valence electrons. The fraction of sp³-hybridized carbons (Fsp3) is 0.222. The van der Waals surface area contributed by atoms with E-state index in [0.29, 0.717) is 10.6 Å². The van der Waals surface area contributed by atoms with Crippen molar-refractivity contribution in [1.82, 2.24) is 4.72 Å². The highest BCUT2D eigenvalue weighted by atomic mass is 35.5. The average Bonchev–Trinajstić information content (AvgIpc) is 2.13. The number of carbonyl (C=O) groups excluding carboxylic acids is 1. The Morgan fingerprint density at radius 2 is 2.13 bits per heavy atom. The quantitative estimate of drug-likeness (QED) is 0.810. The Morgan fingerprint density at radius 3 is 2.67 bits per heavy atom. The molecule has 0 heterocycles. The summed E-state index contributed by atoms with van der Waals surface area (Å²) >= 11 is 5.69. The van der Waals surface area contributed by atoms with Gasteiger partial charge in [0.25, 0.3) is 0 Å². The van der Waals surface area contributed by atoms with Gasteiger partial charge in [-0.25, -0.2) is 13.1 Å². The smallest absolute Gasteiger partial charge is 0.209 e. The molecule has 0 spiro atoms. The summed E-state index contributed by atoms with van der Waals surface area (Å²) in [6, 6.07) is 6.35. The van der Waals surface area contributed by atoms with Crippen LogP contribution in [0.15, 0.2) is 24.3 Å². The zero-order chi connectivity index (χ0) is 11.5. The van der Waals surface area contributed by atoms with E-state index < -0.39 is 10.0 Å². The van der Waals surface area contributed by atoms with Gasteiger partial charge in [-0.15, -0.1) is 0 Å². The molecule has 0 aliphatic rings. The summed E-state index contributed by atoms with van der Waals surface area (Å²) in [5, 5.41) is 0.445. The summed E-state index contributed by atoms with van der Waals surface area (Å²) in [5.41, 5.74) is 0.388. The molecule has 0 aromatic heterocycles. The molecule has 0 radical (unpaired) electrons. The van der Waals surface area contributed by atoms with Crippen LogP contribution in [0.2, 0.25) is 5.02 Å². The number of halogens is 1. The monoisotopic (exact) mass is 247 g/mol. The van der Waals surface area contributed by atoms with E-state index in [1.165, 1.54) is 6.07 Å². The van der Waals surface area contributed by atoms with Gasteiger partial charge in [0.05, 0.1) is 12.8 Å². The molecule has 0 unspecified atom stereocenters. The summed E-state index contributed by atoms with van der Waals surface area (Å²) in [7, 11) is -3.34. The fourth-order valence-corrected chi connectivity index (χ4v) is 1.54. The fourth-order valence-electron chi connectivity index (χ4n) is 0.961. The summed E-state index contributed by atoms with van der Waals surface area (Å²) in [4.78, 5) is 11.5. The van der Waals surface area contributed by atoms with Crippen LogP contribution in [-0.2, 0) is 10.0 Å². The molecule has 1 aromatic carbocycles. The topological polar surface area (TPSA) is 63.2 Å². The van der Waals surface area contributed by atoms with E-state index in [4.69, 9.17) is 11.6 Å². The lowest BCUT2D eigenvalue weighted by Gasteiger charge is -2.02. The van der Waals surface area contributed by atoms with Crippen molar-refractivity contribution in [1.29, 1.82) is 0 Å². The lowest BCUT2D eigenvalue weighted by atomic mass is 10.1. The summed E-state index contributed by atoms with van der Waals surface area (Å²) in [6.07, 6.45) is 0.998. The molecular formula is C9H10ClNO3S. The van der Waals surface area contributed by atoms with Crippen LogP contribution < -0.4 is 4.72 Å². The highest BCUT2D eigenvalue weighted by molar-refractivity contribution is 7.88. The molecule has 0 atom stereocenters. The van der Waals surface area contributed by atoms with Gasteiger partial charge in [0.15, 0.2) is 5.78 Å². The Labute approximate surface area is 93.3 Å². The molecule has 0 amide bonds. The largest absolute Gasteiger partial charge is 0.293 e. The van der Waals surface area contributed by atoms with Crippen molar-refractivity contribution in [3.8, 4) is 0 Å². The number of benzene rings is 1. The second-order valence-corrected chi connectivity index (χ2v) is 5.30. The number of sulfonamides is 1. The summed E-state index contributed by atoms with van der Waals surface area (Å²) in [6.45, 7) is -0.251. The Morgan fingerprint density at radius 1 is 1.47 bits per heavy atom. The van der Waals surface area contributed by atoms with E-state index in [2.05, 4.69) is 4.72 Å². The minimum Gasteiger partial charge on any atom is -0.293 e. The SMILES string of the molecule is CS(=O)(=O)NCC(=O)c1cccc(Cl)c1. The number of nitrogens with one attached hydrogen (secondary N) is 1. The van der Waals surface area contributed by atoms with Crippen LogP contribution >= 0.6 is 11.6 Å². The second kappa shape index (κ2) is 4.74. The number of carbonyl (C=O) groups is 1. The molecule has 0 saturated heterocycles. The van der Waals surface area contributed by atoms with Crippen LogP contribution in [0, 0.1) is 0 Å². The van der Waals surface area contributed by atoms with Crippen molar-refractivity contribution in [3.05, 3.63) is 34.9 Å². The Balaban J connectivity index is 2.70. The summed E-state index contributed by atoms with van der Waals surface area (Å²) in [5.74, 6) is -0.317. The zero-order valence-electron chi connectivity index (χ0n) is 8.03. The first kappa shape index (κ1) is 12.2. The van der Waals surface area contributed by atoms with E-state index in [1.807, 2.05) is 0 Å². The maximum atomic E-state index is 11.5.